The first-order chi connectivity index (χ1) is 14.3. The predicted molar refractivity (Wildman–Crippen MR) is 108 cm³/mol. The molecule has 0 unspecified atom stereocenters. The molecule has 0 amide bonds. The molecule has 0 aliphatic carbocycles. The van der Waals surface area contributed by atoms with E-state index in [1.54, 1.807) is 6.07 Å². The minimum Gasteiger partial charge on any atom is -0.440 e. The second-order valence-electron chi connectivity index (χ2n) is 6.62. The molecule has 30 heavy (non-hydrogen) atoms. The Morgan fingerprint density at radius 1 is 0.900 bits per heavy atom. The van der Waals surface area contributed by atoms with Crippen LogP contribution in [0.5, 0.6) is 0 Å². The van der Waals surface area contributed by atoms with E-state index in [0.717, 1.165) is 17.7 Å². The van der Waals surface area contributed by atoms with Crippen LogP contribution in [-0.2, 0) is 16.4 Å². The first-order valence-electron chi connectivity index (χ1n) is 8.94. The number of nitrogens with two attached hydrogens (primary N) is 1. The van der Waals surface area contributed by atoms with Crippen LogP contribution in [0.15, 0.2) is 82.1 Å². The maximum absolute atomic E-state index is 13.9. The minimum absolute atomic E-state index is 0.108. The van der Waals surface area contributed by atoms with Gasteiger partial charge in [-0.3, -0.25) is 0 Å². The molecule has 152 valence electrons. The standard InChI is InChI=1S/C22H16F2N2O3S/c23-17-11-10-15(13-18(17)24)21-22(16-8-4-5-9-19(16)30(25,27)28)29-20(26-21)12-14-6-2-1-3-7-14/h1-11,13H,12H2,(H2,25,27,28). The molecule has 1 heterocycles. The fourth-order valence-corrected chi connectivity index (χ4v) is 3.87. The molecule has 0 aliphatic rings. The van der Waals surface area contributed by atoms with Gasteiger partial charge in [-0.05, 0) is 35.9 Å². The van der Waals surface area contributed by atoms with Crippen LogP contribution in [0.2, 0.25) is 0 Å². The third-order valence-corrected chi connectivity index (χ3v) is 5.47. The van der Waals surface area contributed by atoms with E-state index in [2.05, 4.69) is 4.98 Å². The Kier molecular flexibility index (Phi) is 5.19. The Morgan fingerprint density at radius 2 is 1.60 bits per heavy atom. The molecule has 0 saturated carbocycles. The van der Waals surface area contributed by atoms with Gasteiger partial charge in [0.15, 0.2) is 23.3 Å². The van der Waals surface area contributed by atoms with Gasteiger partial charge in [0.25, 0.3) is 0 Å². The SMILES string of the molecule is NS(=O)(=O)c1ccccc1-c1oc(Cc2ccccc2)nc1-c1ccc(F)c(F)c1. The molecular weight excluding hydrogens is 410 g/mol. The molecule has 0 saturated heterocycles. The van der Waals surface area contributed by atoms with E-state index in [4.69, 9.17) is 9.56 Å². The number of rotatable bonds is 5. The molecule has 0 aliphatic heterocycles. The van der Waals surface area contributed by atoms with Crippen molar-refractivity contribution in [2.45, 2.75) is 11.3 Å². The van der Waals surface area contributed by atoms with Crippen LogP contribution in [0, 0.1) is 11.6 Å². The van der Waals surface area contributed by atoms with Gasteiger partial charge < -0.3 is 4.42 Å². The number of hydrogen-bond acceptors (Lipinski definition) is 4. The number of aromatic nitrogens is 1. The molecule has 4 aromatic rings. The quantitative estimate of drug-likeness (QED) is 0.508. The lowest BCUT2D eigenvalue weighted by Gasteiger charge is -2.07. The first-order valence-corrected chi connectivity index (χ1v) is 10.5. The summed E-state index contributed by atoms with van der Waals surface area (Å²) >= 11 is 0. The fourth-order valence-electron chi connectivity index (χ4n) is 3.13. The molecule has 2 N–H and O–H groups in total. The van der Waals surface area contributed by atoms with Gasteiger partial charge in [0.1, 0.15) is 5.69 Å². The Hall–Kier alpha value is -3.36. The van der Waals surface area contributed by atoms with Crippen LogP contribution in [-0.4, -0.2) is 13.4 Å². The molecule has 8 heteroatoms. The second-order valence-corrected chi connectivity index (χ2v) is 8.15. The van der Waals surface area contributed by atoms with Crippen molar-refractivity contribution in [1.29, 1.82) is 0 Å². The van der Waals surface area contributed by atoms with Crippen LogP contribution in [0.4, 0.5) is 8.78 Å². The lowest BCUT2D eigenvalue weighted by molar-refractivity contribution is 0.509. The first kappa shape index (κ1) is 19.9. The summed E-state index contributed by atoms with van der Waals surface area (Å²) in [7, 11) is -4.07. The molecule has 0 spiro atoms. The van der Waals surface area contributed by atoms with Crippen molar-refractivity contribution in [2.24, 2.45) is 5.14 Å². The summed E-state index contributed by atoms with van der Waals surface area (Å²) in [6.07, 6.45) is 0.328. The Balaban J connectivity index is 1.92. The average Bonchev–Trinajstić information content (AvgIpc) is 3.14. The van der Waals surface area contributed by atoms with Crippen molar-refractivity contribution in [3.05, 3.63) is 95.9 Å². The lowest BCUT2D eigenvalue weighted by Crippen LogP contribution is -2.13. The summed E-state index contributed by atoms with van der Waals surface area (Å²) < 4.78 is 57.4. The molecular formula is C22H16F2N2O3S. The van der Waals surface area contributed by atoms with E-state index >= 15 is 0 Å². The van der Waals surface area contributed by atoms with Gasteiger partial charge in [0, 0.05) is 17.5 Å². The van der Waals surface area contributed by atoms with E-state index in [1.807, 2.05) is 30.3 Å². The van der Waals surface area contributed by atoms with Gasteiger partial charge in [-0.1, -0.05) is 42.5 Å². The average molecular weight is 426 g/mol. The number of hydrogen-bond donors (Lipinski definition) is 1. The van der Waals surface area contributed by atoms with Crippen molar-refractivity contribution in [3.8, 4) is 22.6 Å². The number of primary sulfonamides is 1. The summed E-state index contributed by atoms with van der Waals surface area (Å²) in [5.41, 5.74) is 1.54. The maximum atomic E-state index is 13.9. The highest BCUT2D eigenvalue weighted by atomic mass is 32.2. The minimum atomic E-state index is -4.07. The predicted octanol–water partition coefficient (Wildman–Crippen LogP) is 4.53. The Bertz CT molecular complexity index is 1320. The van der Waals surface area contributed by atoms with Crippen molar-refractivity contribution < 1.29 is 21.6 Å². The topological polar surface area (TPSA) is 86.2 Å². The molecule has 0 fully saturated rings. The Morgan fingerprint density at radius 3 is 2.30 bits per heavy atom. The fraction of sp³-hybridized carbons (Fsp3) is 0.0455. The van der Waals surface area contributed by atoms with Crippen molar-refractivity contribution in [1.82, 2.24) is 4.98 Å². The molecule has 5 nitrogen and oxygen atoms in total. The van der Waals surface area contributed by atoms with Crippen molar-refractivity contribution in [2.75, 3.05) is 0 Å². The van der Waals surface area contributed by atoms with Crippen LogP contribution >= 0.6 is 0 Å². The van der Waals surface area contributed by atoms with Gasteiger partial charge in [-0.2, -0.15) is 0 Å². The second kappa shape index (κ2) is 7.81. The monoisotopic (exact) mass is 426 g/mol. The third kappa shape index (κ3) is 4.00. The number of benzene rings is 3. The zero-order valence-electron chi connectivity index (χ0n) is 15.5. The number of oxazole rings is 1. The number of sulfonamides is 1. The molecule has 3 aromatic carbocycles. The number of nitrogens with zero attached hydrogens (tertiary/aromatic N) is 1. The Labute approximate surface area is 171 Å². The van der Waals surface area contributed by atoms with E-state index in [0.29, 0.717) is 12.3 Å². The molecule has 0 atom stereocenters. The molecule has 1 aromatic heterocycles. The largest absolute Gasteiger partial charge is 0.440 e. The zero-order valence-corrected chi connectivity index (χ0v) is 16.4. The summed E-state index contributed by atoms with van der Waals surface area (Å²) in [4.78, 5) is 4.30. The zero-order chi connectivity index (χ0) is 21.3. The molecule has 0 radical (unpaired) electrons. The highest BCUT2D eigenvalue weighted by molar-refractivity contribution is 7.89. The lowest BCUT2D eigenvalue weighted by atomic mass is 10.1. The van der Waals surface area contributed by atoms with E-state index < -0.39 is 21.7 Å². The van der Waals surface area contributed by atoms with Crippen LogP contribution in [0.1, 0.15) is 11.5 Å². The van der Waals surface area contributed by atoms with Crippen molar-refractivity contribution >= 4 is 10.0 Å². The summed E-state index contributed by atoms with van der Waals surface area (Å²) in [6.45, 7) is 0. The van der Waals surface area contributed by atoms with Crippen LogP contribution in [0.3, 0.4) is 0 Å². The van der Waals surface area contributed by atoms with Crippen LogP contribution in [0.25, 0.3) is 22.6 Å². The number of halogens is 2. The van der Waals surface area contributed by atoms with Crippen LogP contribution < -0.4 is 5.14 Å². The summed E-state index contributed by atoms with van der Waals surface area (Å²) in [5.74, 6) is -1.65. The van der Waals surface area contributed by atoms with Gasteiger partial charge in [0.05, 0.1) is 4.90 Å². The van der Waals surface area contributed by atoms with Gasteiger partial charge in [0.2, 0.25) is 10.0 Å². The smallest absolute Gasteiger partial charge is 0.238 e. The highest BCUT2D eigenvalue weighted by Crippen LogP contribution is 2.36. The third-order valence-electron chi connectivity index (χ3n) is 4.50. The molecule has 0 bridgehead atoms. The summed E-state index contributed by atoms with van der Waals surface area (Å²) in [6, 6.07) is 18.7. The normalized spacial score (nSPS) is 11.6. The summed E-state index contributed by atoms with van der Waals surface area (Å²) in [5, 5.41) is 5.36. The van der Waals surface area contributed by atoms with E-state index in [9.17, 15) is 17.2 Å². The van der Waals surface area contributed by atoms with E-state index in [-0.39, 0.29) is 27.5 Å². The van der Waals surface area contributed by atoms with Gasteiger partial charge in [-0.25, -0.2) is 27.3 Å². The highest BCUT2D eigenvalue weighted by Gasteiger charge is 2.24. The maximum Gasteiger partial charge on any atom is 0.238 e. The van der Waals surface area contributed by atoms with E-state index in [1.165, 1.54) is 24.3 Å². The van der Waals surface area contributed by atoms with Gasteiger partial charge in [-0.15, -0.1) is 0 Å². The van der Waals surface area contributed by atoms with Gasteiger partial charge >= 0.3 is 0 Å². The molecule has 4 rings (SSSR count). The van der Waals surface area contributed by atoms with Crippen molar-refractivity contribution in [3.63, 3.8) is 0 Å².